The fourth-order valence-electron chi connectivity index (χ4n) is 0.270. The molecule has 4 heteroatoms. The van der Waals surface area contributed by atoms with Crippen molar-refractivity contribution in [3.63, 3.8) is 0 Å². The molecule has 0 aliphatic heterocycles. The smallest absolute Gasteiger partial charge is 0.158 e. The average molecular weight is 144 g/mol. The molecule has 0 aromatic carbocycles. The van der Waals surface area contributed by atoms with Crippen LogP contribution in [0.15, 0.2) is 0 Å². The van der Waals surface area contributed by atoms with Crippen LogP contribution in [0.2, 0.25) is 5.15 Å². The topological polar surface area (TPSA) is 36.7 Å². The molecule has 0 amide bonds. The van der Waals surface area contributed by atoms with E-state index in [0.29, 0.717) is 4.88 Å². The summed E-state index contributed by atoms with van der Waals surface area (Å²) in [6.45, 7) is 0. The minimum Gasteiger partial charge on any atom is -0.220 e. The normalized spacial score (nSPS) is 8.50. The van der Waals surface area contributed by atoms with E-state index in [1.165, 1.54) is 0 Å². The van der Waals surface area contributed by atoms with E-state index in [2.05, 4.69) is 10.5 Å². The first-order valence-electron chi connectivity index (χ1n) is 1.77. The third-order valence-corrected chi connectivity index (χ3v) is 1.64. The molecule has 1 aromatic heterocycles. The Labute approximate surface area is 55.4 Å². The maximum Gasteiger partial charge on any atom is 0.158 e. The minimum atomic E-state index is 0.248. The van der Waals surface area contributed by atoms with Crippen molar-refractivity contribution in [2.75, 3.05) is 0 Å². The number of hydrogen-bond donors (Lipinski definition) is 0. The predicted molar refractivity (Wildman–Crippen MR) is 30.7 cm³/mol. The average Bonchev–Trinajstić information content (AvgIpc) is 2.14. The monoisotopic (exact) mass is 143 g/mol. The zero-order valence-electron chi connectivity index (χ0n) is 3.68. The molecule has 39 valence electrons. The summed E-state index contributed by atoms with van der Waals surface area (Å²) in [5.41, 5.74) is 2.49. The number of halogens is 1. The highest BCUT2D eigenvalue weighted by Gasteiger charge is 1.98. The van der Waals surface area contributed by atoms with E-state index in [9.17, 15) is 0 Å². The molecule has 8 heavy (non-hydrogen) atoms. The summed E-state index contributed by atoms with van der Waals surface area (Å²) < 4.78 is 0. The van der Waals surface area contributed by atoms with Crippen LogP contribution in [0.1, 0.15) is 4.88 Å². The van der Waals surface area contributed by atoms with Crippen molar-refractivity contribution in [1.82, 2.24) is 4.98 Å². The highest BCUT2D eigenvalue weighted by molar-refractivity contribution is 7.10. The number of nitrogens with zero attached hydrogens (tertiary/aromatic N) is 2. The van der Waals surface area contributed by atoms with Gasteiger partial charge in [-0.05, 0) is 0 Å². The van der Waals surface area contributed by atoms with Gasteiger partial charge < -0.3 is 0 Å². The van der Waals surface area contributed by atoms with Crippen molar-refractivity contribution in [2.24, 2.45) is 0 Å². The van der Waals surface area contributed by atoms with Crippen LogP contribution in [-0.2, 0) is 0 Å². The van der Waals surface area contributed by atoms with Gasteiger partial charge in [0.2, 0.25) is 0 Å². The van der Waals surface area contributed by atoms with E-state index in [1.54, 1.807) is 0 Å². The van der Waals surface area contributed by atoms with Crippen LogP contribution in [0.25, 0.3) is 0 Å². The van der Waals surface area contributed by atoms with Gasteiger partial charge in [0.1, 0.15) is 10.9 Å². The minimum absolute atomic E-state index is 0.248. The van der Waals surface area contributed by atoms with Gasteiger partial charge in [0.25, 0.3) is 0 Å². The lowest BCUT2D eigenvalue weighted by molar-refractivity contribution is 1.39. The van der Waals surface area contributed by atoms with Crippen molar-refractivity contribution in [1.29, 1.82) is 5.26 Å². The third kappa shape index (κ3) is 0.808. The third-order valence-electron chi connectivity index (χ3n) is 0.580. The Morgan fingerprint density at radius 1 is 1.88 bits per heavy atom. The highest BCUT2D eigenvalue weighted by atomic mass is 35.5. The lowest BCUT2D eigenvalue weighted by Crippen LogP contribution is -1.62. The van der Waals surface area contributed by atoms with Gasteiger partial charge in [-0.25, -0.2) is 4.98 Å². The number of thiazole rings is 1. The zero-order chi connectivity index (χ0) is 5.98. The van der Waals surface area contributed by atoms with E-state index in [-0.39, 0.29) is 5.15 Å². The molecule has 0 atom stereocenters. The van der Waals surface area contributed by atoms with Gasteiger partial charge in [0.15, 0.2) is 10.7 Å². The van der Waals surface area contributed by atoms with E-state index in [1.807, 2.05) is 6.07 Å². The molecule has 1 radical (unpaired) electrons. The van der Waals surface area contributed by atoms with Gasteiger partial charge in [0, 0.05) is 0 Å². The number of rotatable bonds is 0. The Hall–Kier alpha value is -0.590. The molecule has 0 saturated carbocycles. The number of hydrogen-bond acceptors (Lipinski definition) is 3. The molecule has 0 unspecified atom stereocenters. The van der Waals surface area contributed by atoms with Crippen LogP contribution >= 0.6 is 22.9 Å². The quantitative estimate of drug-likeness (QED) is 0.552. The van der Waals surface area contributed by atoms with Crippen molar-refractivity contribution in [2.45, 2.75) is 0 Å². The van der Waals surface area contributed by atoms with E-state index in [0.717, 1.165) is 11.3 Å². The summed E-state index contributed by atoms with van der Waals surface area (Å²) >= 11 is 6.51. The van der Waals surface area contributed by atoms with Crippen molar-refractivity contribution < 1.29 is 0 Å². The first-order valence-corrected chi connectivity index (χ1v) is 2.96. The number of aromatic nitrogens is 1. The van der Waals surface area contributed by atoms with Gasteiger partial charge in [-0.3, -0.25) is 0 Å². The summed E-state index contributed by atoms with van der Waals surface area (Å²) in [6.07, 6.45) is 0. The maximum atomic E-state index is 8.22. The first kappa shape index (κ1) is 5.54. The molecule has 0 N–H and O–H groups in total. The van der Waals surface area contributed by atoms with Gasteiger partial charge >= 0.3 is 0 Å². The fraction of sp³-hybridized carbons (Fsp3) is 0. The second-order valence-electron chi connectivity index (χ2n) is 1.04. The zero-order valence-corrected chi connectivity index (χ0v) is 5.25. The SMILES string of the molecule is N#Cc1s[c]nc1Cl. The maximum absolute atomic E-state index is 8.22. The largest absolute Gasteiger partial charge is 0.220 e. The van der Waals surface area contributed by atoms with Crippen molar-refractivity contribution in [3.05, 3.63) is 15.5 Å². The van der Waals surface area contributed by atoms with E-state index in [4.69, 9.17) is 16.9 Å². The van der Waals surface area contributed by atoms with Crippen LogP contribution < -0.4 is 0 Å². The molecule has 0 bridgehead atoms. The van der Waals surface area contributed by atoms with E-state index < -0.39 is 0 Å². The molecule has 0 spiro atoms. The molecule has 0 fully saturated rings. The molecule has 1 rings (SSSR count). The summed E-state index contributed by atoms with van der Waals surface area (Å²) in [5, 5.41) is 8.47. The summed E-state index contributed by atoms with van der Waals surface area (Å²) in [7, 11) is 0. The lowest BCUT2D eigenvalue weighted by atomic mass is 10.6. The Kier molecular flexibility index (Phi) is 1.47. The van der Waals surface area contributed by atoms with Gasteiger partial charge in [-0.1, -0.05) is 22.9 Å². The molecule has 1 aromatic rings. The second-order valence-corrected chi connectivity index (χ2v) is 2.19. The standard InChI is InChI=1S/C4ClN2S/c5-4-3(1-6)8-2-7-4. The Morgan fingerprint density at radius 3 is 2.88 bits per heavy atom. The van der Waals surface area contributed by atoms with Gasteiger partial charge in [-0.2, -0.15) is 5.26 Å². The number of nitriles is 1. The molecule has 0 aliphatic rings. The Morgan fingerprint density at radius 2 is 2.62 bits per heavy atom. The van der Waals surface area contributed by atoms with Crippen LogP contribution in [0.5, 0.6) is 0 Å². The molecule has 2 nitrogen and oxygen atoms in total. The lowest BCUT2D eigenvalue weighted by Gasteiger charge is -1.71. The fourth-order valence-corrected chi connectivity index (χ4v) is 0.924. The molecule has 0 saturated heterocycles. The van der Waals surface area contributed by atoms with Crippen LogP contribution in [0.4, 0.5) is 0 Å². The molecular weight excluding hydrogens is 144 g/mol. The Balaban J connectivity index is 3.15. The molecule has 1 heterocycles. The van der Waals surface area contributed by atoms with Gasteiger partial charge in [-0.15, -0.1) is 0 Å². The van der Waals surface area contributed by atoms with Crippen LogP contribution in [-0.4, -0.2) is 4.98 Å². The summed E-state index contributed by atoms with van der Waals surface area (Å²) in [5.74, 6) is 0. The van der Waals surface area contributed by atoms with Gasteiger partial charge in [0.05, 0.1) is 0 Å². The van der Waals surface area contributed by atoms with Crippen molar-refractivity contribution in [3.8, 4) is 6.07 Å². The van der Waals surface area contributed by atoms with Crippen LogP contribution in [0.3, 0.4) is 0 Å². The van der Waals surface area contributed by atoms with Crippen LogP contribution in [0, 0.1) is 16.8 Å². The Bertz CT molecular complexity index is 224. The second kappa shape index (κ2) is 2.12. The summed E-state index contributed by atoms with van der Waals surface area (Å²) in [6, 6.07) is 1.87. The highest BCUT2D eigenvalue weighted by Crippen LogP contribution is 2.15. The van der Waals surface area contributed by atoms with Crippen molar-refractivity contribution >= 4 is 22.9 Å². The first-order chi connectivity index (χ1) is 3.84. The summed E-state index contributed by atoms with van der Waals surface area (Å²) in [4.78, 5) is 3.95. The molecular formula is C4ClN2S. The van der Waals surface area contributed by atoms with E-state index >= 15 is 0 Å². The molecule has 0 aliphatic carbocycles. The predicted octanol–water partition coefficient (Wildman–Crippen LogP) is 1.47.